The summed E-state index contributed by atoms with van der Waals surface area (Å²) in [5.41, 5.74) is 0. The number of ether oxygens (including phenoxy) is 1. The van der Waals surface area contributed by atoms with E-state index in [9.17, 15) is 4.79 Å². The molecule has 0 aromatic carbocycles. The Bertz CT molecular complexity index is 170. The Hall–Kier alpha value is -0.410. The molecule has 1 aliphatic heterocycles. The van der Waals surface area contributed by atoms with Crippen LogP contribution in [0.2, 0.25) is 0 Å². The predicted molar refractivity (Wildman–Crippen MR) is 47.1 cm³/mol. The lowest BCUT2D eigenvalue weighted by Gasteiger charge is -2.14. The molecule has 0 saturated carbocycles. The standard InChI is InChI=1S/C9H17NO2/c1-4-12-8-5-9(7(2)11)10(3)6-8/h8-9H,4-6H2,1-3H3. The van der Waals surface area contributed by atoms with E-state index in [1.807, 2.05) is 14.0 Å². The van der Waals surface area contributed by atoms with Gasteiger partial charge in [-0.2, -0.15) is 0 Å². The van der Waals surface area contributed by atoms with Crippen LogP contribution in [-0.4, -0.2) is 43.0 Å². The minimum Gasteiger partial charge on any atom is -0.377 e. The second kappa shape index (κ2) is 4.01. The molecular formula is C9H17NO2. The van der Waals surface area contributed by atoms with Crippen LogP contribution in [0, 0.1) is 0 Å². The summed E-state index contributed by atoms with van der Waals surface area (Å²) in [6.07, 6.45) is 1.12. The van der Waals surface area contributed by atoms with Gasteiger partial charge in [0, 0.05) is 13.2 Å². The number of hydrogen-bond donors (Lipinski definition) is 0. The van der Waals surface area contributed by atoms with Crippen molar-refractivity contribution in [2.75, 3.05) is 20.2 Å². The number of likely N-dealkylation sites (N-methyl/N-ethyl adjacent to an activating group) is 1. The monoisotopic (exact) mass is 171 g/mol. The van der Waals surface area contributed by atoms with Crippen LogP contribution >= 0.6 is 0 Å². The van der Waals surface area contributed by atoms with E-state index in [0.29, 0.717) is 0 Å². The van der Waals surface area contributed by atoms with E-state index in [1.165, 1.54) is 0 Å². The normalized spacial score (nSPS) is 30.9. The van der Waals surface area contributed by atoms with Gasteiger partial charge in [-0.3, -0.25) is 9.69 Å². The van der Waals surface area contributed by atoms with E-state index in [2.05, 4.69) is 4.90 Å². The first-order chi connectivity index (χ1) is 5.65. The molecule has 1 heterocycles. The van der Waals surface area contributed by atoms with Gasteiger partial charge in [-0.25, -0.2) is 0 Å². The molecule has 1 aliphatic rings. The molecule has 12 heavy (non-hydrogen) atoms. The Morgan fingerprint density at radius 2 is 2.33 bits per heavy atom. The predicted octanol–water partition coefficient (Wildman–Crippen LogP) is 0.685. The zero-order valence-corrected chi connectivity index (χ0v) is 8.04. The number of likely N-dealkylation sites (tertiary alicyclic amines) is 1. The molecule has 0 radical (unpaired) electrons. The third-order valence-electron chi connectivity index (χ3n) is 2.38. The highest BCUT2D eigenvalue weighted by Gasteiger charge is 2.32. The zero-order chi connectivity index (χ0) is 9.14. The van der Waals surface area contributed by atoms with Crippen molar-refractivity contribution in [2.45, 2.75) is 32.4 Å². The summed E-state index contributed by atoms with van der Waals surface area (Å²) in [5, 5.41) is 0. The number of Topliss-reactive ketones (excluding diaryl/α,β-unsaturated/α-hetero) is 1. The molecule has 1 rings (SSSR count). The molecule has 1 saturated heterocycles. The first-order valence-electron chi connectivity index (χ1n) is 4.47. The summed E-state index contributed by atoms with van der Waals surface area (Å²) in [6.45, 7) is 5.26. The van der Waals surface area contributed by atoms with Gasteiger partial charge in [-0.15, -0.1) is 0 Å². The van der Waals surface area contributed by atoms with Crippen LogP contribution in [0.5, 0.6) is 0 Å². The van der Waals surface area contributed by atoms with Crippen LogP contribution < -0.4 is 0 Å². The van der Waals surface area contributed by atoms with Crippen molar-refractivity contribution < 1.29 is 9.53 Å². The molecule has 3 heteroatoms. The minimum absolute atomic E-state index is 0.0848. The number of hydrogen-bond acceptors (Lipinski definition) is 3. The summed E-state index contributed by atoms with van der Waals surface area (Å²) in [5.74, 6) is 0.250. The lowest BCUT2D eigenvalue weighted by Crippen LogP contribution is -2.30. The van der Waals surface area contributed by atoms with Crippen LogP contribution in [0.3, 0.4) is 0 Å². The highest BCUT2D eigenvalue weighted by atomic mass is 16.5. The maximum absolute atomic E-state index is 11.1. The third kappa shape index (κ3) is 2.05. The molecule has 0 bridgehead atoms. The minimum atomic E-state index is 0.0848. The quantitative estimate of drug-likeness (QED) is 0.625. The maximum atomic E-state index is 11.1. The summed E-state index contributed by atoms with van der Waals surface area (Å²) in [4.78, 5) is 13.2. The fourth-order valence-electron chi connectivity index (χ4n) is 1.78. The van der Waals surface area contributed by atoms with E-state index < -0.39 is 0 Å². The van der Waals surface area contributed by atoms with Crippen molar-refractivity contribution in [3.8, 4) is 0 Å². The van der Waals surface area contributed by atoms with Gasteiger partial charge >= 0.3 is 0 Å². The van der Waals surface area contributed by atoms with Gasteiger partial charge in [0.05, 0.1) is 12.1 Å². The van der Waals surface area contributed by atoms with E-state index in [1.54, 1.807) is 6.92 Å². The number of carbonyl (C=O) groups is 1. The summed E-state index contributed by atoms with van der Waals surface area (Å²) in [7, 11) is 1.98. The molecule has 1 fully saturated rings. The Kier molecular flexibility index (Phi) is 3.23. The van der Waals surface area contributed by atoms with E-state index in [0.717, 1.165) is 19.6 Å². The highest BCUT2D eigenvalue weighted by molar-refractivity contribution is 5.81. The molecule has 0 aromatic rings. The first kappa shape index (κ1) is 9.68. The van der Waals surface area contributed by atoms with Gasteiger partial charge in [-0.05, 0) is 27.3 Å². The van der Waals surface area contributed by atoms with Crippen LogP contribution in [0.4, 0.5) is 0 Å². The number of rotatable bonds is 3. The highest BCUT2D eigenvalue weighted by Crippen LogP contribution is 2.18. The van der Waals surface area contributed by atoms with Crippen molar-refractivity contribution in [3.63, 3.8) is 0 Å². The second-order valence-corrected chi connectivity index (χ2v) is 3.38. The smallest absolute Gasteiger partial charge is 0.146 e. The Morgan fingerprint density at radius 3 is 2.75 bits per heavy atom. The molecule has 0 amide bonds. The Balaban J connectivity index is 2.44. The van der Waals surface area contributed by atoms with Gasteiger partial charge in [0.15, 0.2) is 0 Å². The number of carbonyl (C=O) groups excluding carboxylic acids is 1. The van der Waals surface area contributed by atoms with Crippen molar-refractivity contribution in [2.24, 2.45) is 0 Å². The van der Waals surface area contributed by atoms with Gasteiger partial charge in [0.25, 0.3) is 0 Å². The number of nitrogens with zero attached hydrogens (tertiary/aromatic N) is 1. The van der Waals surface area contributed by atoms with E-state index in [4.69, 9.17) is 4.74 Å². The van der Waals surface area contributed by atoms with Gasteiger partial charge in [-0.1, -0.05) is 0 Å². The van der Waals surface area contributed by atoms with Crippen LogP contribution in [-0.2, 0) is 9.53 Å². The van der Waals surface area contributed by atoms with Gasteiger partial charge < -0.3 is 4.74 Å². The second-order valence-electron chi connectivity index (χ2n) is 3.38. The molecule has 3 nitrogen and oxygen atoms in total. The first-order valence-corrected chi connectivity index (χ1v) is 4.47. The molecule has 0 spiro atoms. The molecular weight excluding hydrogens is 154 g/mol. The Labute approximate surface area is 73.7 Å². The fraction of sp³-hybridized carbons (Fsp3) is 0.889. The molecule has 0 N–H and O–H groups in total. The largest absolute Gasteiger partial charge is 0.377 e. The molecule has 0 aliphatic carbocycles. The zero-order valence-electron chi connectivity index (χ0n) is 8.04. The topological polar surface area (TPSA) is 29.5 Å². The van der Waals surface area contributed by atoms with E-state index >= 15 is 0 Å². The molecule has 2 atom stereocenters. The Morgan fingerprint density at radius 1 is 1.67 bits per heavy atom. The number of ketones is 1. The average molecular weight is 171 g/mol. The lowest BCUT2D eigenvalue weighted by atomic mass is 10.1. The van der Waals surface area contributed by atoms with Crippen LogP contribution in [0.25, 0.3) is 0 Å². The summed E-state index contributed by atoms with van der Waals surface area (Å²) < 4.78 is 5.46. The van der Waals surface area contributed by atoms with Crippen LogP contribution in [0.1, 0.15) is 20.3 Å². The van der Waals surface area contributed by atoms with Gasteiger partial charge in [0.1, 0.15) is 5.78 Å². The van der Waals surface area contributed by atoms with Crippen molar-refractivity contribution >= 4 is 5.78 Å². The van der Waals surface area contributed by atoms with Crippen molar-refractivity contribution in [1.29, 1.82) is 0 Å². The molecule has 70 valence electrons. The maximum Gasteiger partial charge on any atom is 0.146 e. The van der Waals surface area contributed by atoms with Crippen LogP contribution in [0.15, 0.2) is 0 Å². The average Bonchev–Trinajstić information content (AvgIpc) is 2.32. The molecule has 2 unspecified atom stereocenters. The summed E-state index contributed by atoms with van der Waals surface area (Å²) in [6, 6.07) is 0.0848. The third-order valence-corrected chi connectivity index (χ3v) is 2.38. The van der Waals surface area contributed by atoms with Crippen molar-refractivity contribution in [1.82, 2.24) is 4.90 Å². The van der Waals surface area contributed by atoms with Crippen molar-refractivity contribution in [3.05, 3.63) is 0 Å². The van der Waals surface area contributed by atoms with Gasteiger partial charge in [0.2, 0.25) is 0 Å². The lowest BCUT2D eigenvalue weighted by molar-refractivity contribution is -0.120. The fourth-order valence-corrected chi connectivity index (χ4v) is 1.78. The molecule has 0 aromatic heterocycles. The SMILES string of the molecule is CCOC1CC(C(C)=O)N(C)C1. The van der Waals surface area contributed by atoms with E-state index in [-0.39, 0.29) is 17.9 Å². The summed E-state index contributed by atoms with van der Waals surface area (Å²) >= 11 is 0.